The molecule has 7 nitrogen and oxygen atoms in total. The third kappa shape index (κ3) is 3.09. The predicted molar refractivity (Wildman–Crippen MR) is 66.6 cm³/mol. The van der Waals surface area contributed by atoms with Crippen LogP contribution in [-0.4, -0.2) is 28.6 Å². The molecule has 0 aromatic carbocycles. The molecule has 2 heterocycles. The summed E-state index contributed by atoms with van der Waals surface area (Å²) < 4.78 is 10.2. The number of hydrogen-bond donors (Lipinski definition) is 2. The maximum Gasteiger partial charge on any atom is 0.322 e. The first kappa shape index (κ1) is 12.2. The van der Waals surface area contributed by atoms with E-state index in [2.05, 4.69) is 25.6 Å². The van der Waals surface area contributed by atoms with Crippen LogP contribution < -0.4 is 15.4 Å². The summed E-state index contributed by atoms with van der Waals surface area (Å²) in [7, 11) is 1.52. The highest BCUT2D eigenvalue weighted by Gasteiger charge is 2.06. The second-order valence-electron chi connectivity index (χ2n) is 3.43. The van der Waals surface area contributed by atoms with Gasteiger partial charge in [0, 0.05) is 6.54 Å². The summed E-state index contributed by atoms with van der Waals surface area (Å²) in [6.45, 7) is 3.20. The van der Waals surface area contributed by atoms with E-state index in [1.165, 1.54) is 7.11 Å². The molecule has 2 rings (SSSR count). The Morgan fingerprint density at radius 2 is 2.00 bits per heavy atom. The van der Waals surface area contributed by atoms with Crippen LogP contribution in [-0.2, 0) is 6.54 Å². The number of ether oxygens (including phenoxy) is 1. The highest BCUT2D eigenvalue weighted by Crippen LogP contribution is 2.11. The van der Waals surface area contributed by atoms with Gasteiger partial charge in [-0.25, -0.2) is 0 Å². The summed E-state index contributed by atoms with van der Waals surface area (Å²) in [6, 6.07) is 3.97. The van der Waals surface area contributed by atoms with E-state index in [1.54, 1.807) is 6.26 Å². The molecule has 2 N–H and O–H groups in total. The molecule has 0 atom stereocenters. The Labute approximate surface area is 105 Å². The molecule has 0 amide bonds. The van der Waals surface area contributed by atoms with Crippen LogP contribution >= 0.6 is 0 Å². The van der Waals surface area contributed by atoms with Crippen LogP contribution in [0, 0.1) is 0 Å². The van der Waals surface area contributed by atoms with E-state index in [-0.39, 0.29) is 6.01 Å². The van der Waals surface area contributed by atoms with Crippen molar-refractivity contribution >= 4 is 11.9 Å². The van der Waals surface area contributed by atoms with Crippen LogP contribution in [0.1, 0.15) is 12.7 Å². The molecule has 0 bridgehead atoms. The summed E-state index contributed by atoms with van der Waals surface area (Å²) >= 11 is 0. The molecule has 0 radical (unpaired) electrons. The van der Waals surface area contributed by atoms with Crippen LogP contribution in [0.25, 0.3) is 0 Å². The lowest BCUT2D eigenvalue weighted by atomic mass is 10.4. The third-order valence-electron chi connectivity index (χ3n) is 2.13. The Morgan fingerprint density at radius 3 is 2.61 bits per heavy atom. The van der Waals surface area contributed by atoms with Gasteiger partial charge in [0.05, 0.1) is 19.9 Å². The molecule has 2 aromatic rings. The lowest BCUT2D eigenvalue weighted by Crippen LogP contribution is -2.09. The number of rotatable bonds is 6. The fraction of sp³-hybridized carbons (Fsp3) is 0.364. The molecule has 0 spiro atoms. The Balaban J connectivity index is 2.08. The van der Waals surface area contributed by atoms with Crippen LogP contribution in [0.3, 0.4) is 0 Å². The molecule has 0 aliphatic heterocycles. The second-order valence-corrected chi connectivity index (χ2v) is 3.43. The molecule has 0 aliphatic rings. The van der Waals surface area contributed by atoms with Gasteiger partial charge in [-0.15, -0.1) is 0 Å². The molecule has 0 fully saturated rings. The van der Waals surface area contributed by atoms with E-state index in [1.807, 2.05) is 19.1 Å². The Bertz CT molecular complexity index is 486. The van der Waals surface area contributed by atoms with Crippen molar-refractivity contribution in [2.45, 2.75) is 13.5 Å². The van der Waals surface area contributed by atoms with Crippen molar-refractivity contribution in [3.8, 4) is 6.01 Å². The van der Waals surface area contributed by atoms with Crippen molar-refractivity contribution in [3.05, 3.63) is 24.2 Å². The van der Waals surface area contributed by atoms with E-state index < -0.39 is 0 Å². The van der Waals surface area contributed by atoms with E-state index in [4.69, 9.17) is 9.15 Å². The highest BCUT2D eigenvalue weighted by molar-refractivity contribution is 5.35. The van der Waals surface area contributed by atoms with Gasteiger partial charge in [0.1, 0.15) is 5.76 Å². The van der Waals surface area contributed by atoms with E-state index in [0.29, 0.717) is 18.4 Å². The van der Waals surface area contributed by atoms with Gasteiger partial charge in [-0.05, 0) is 19.1 Å². The zero-order chi connectivity index (χ0) is 12.8. The summed E-state index contributed by atoms with van der Waals surface area (Å²) in [4.78, 5) is 12.4. The second kappa shape index (κ2) is 5.85. The van der Waals surface area contributed by atoms with Crippen LogP contribution in [0.5, 0.6) is 6.01 Å². The number of nitrogens with one attached hydrogen (secondary N) is 2. The molecular weight excluding hydrogens is 234 g/mol. The zero-order valence-electron chi connectivity index (χ0n) is 10.3. The molecule has 0 unspecified atom stereocenters. The fourth-order valence-corrected chi connectivity index (χ4v) is 1.34. The molecular formula is C11H15N5O2. The van der Waals surface area contributed by atoms with Crippen molar-refractivity contribution in [3.63, 3.8) is 0 Å². The minimum atomic E-state index is 0.267. The SMILES string of the molecule is CCNc1nc(NCc2ccco2)nc(OC)n1. The van der Waals surface area contributed by atoms with Gasteiger partial charge in [0.2, 0.25) is 11.9 Å². The molecule has 7 heteroatoms. The first-order chi connectivity index (χ1) is 8.81. The van der Waals surface area contributed by atoms with Gasteiger partial charge < -0.3 is 19.8 Å². The van der Waals surface area contributed by atoms with Gasteiger partial charge in [-0.2, -0.15) is 15.0 Å². The predicted octanol–water partition coefficient (Wildman–Crippen LogP) is 1.52. The van der Waals surface area contributed by atoms with Crippen molar-refractivity contribution in [1.82, 2.24) is 15.0 Å². The summed E-state index contributed by atoms with van der Waals surface area (Å²) in [5.74, 6) is 1.72. The maximum atomic E-state index is 5.21. The van der Waals surface area contributed by atoms with Crippen molar-refractivity contribution < 1.29 is 9.15 Å². The van der Waals surface area contributed by atoms with Crippen molar-refractivity contribution in [2.75, 3.05) is 24.3 Å². The van der Waals surface area contributed by atoms with Gasteiger partial charge in [0.25, 0.3) is 0 Å². The quantitative estimate of drug-likeness (QED) is 0.802. The third-order valence-corrected chi connectivity index (χ3v) is 2.13. The molecule has 0 saturated heterocycles. The average Bonchev–Trinajstić information content (AvgIpc) is 2.89. The van der Waals surface area contributed by atoms with Gasteiger partial charge in [0.15, 0.2) is 0 Å². The largest absolute Gasteiger partial charge is 0.467 e. The molecule has 0 aliphatic carbocycles. The Hall–Kier alpha value is -2.31. The monoisotopic (exact) mass is 249 g/mol. The van der Waals surface area contributed by atoms with Gasteiger partial charge in [-0.3, -0.25) is 0 Å². The molecule has 2 aromatic heterocycles. The normalized spacial score (nSPS) is 10.1. The standard InChI is InChI=1S/C11H15N5O2/c1-3-12-9-14-10(16-11(15-9)17-2)13-7-8-5-4-6-18-8/h4-6H,3,7H2,1-2H3,(H2,12,13,14,15,16). The van der Waals surface area contributed by atoms with E-state index in [9.17, 15) is 0 Å². The molecule has 0 saturated carbocycles. The number of hydrogen-bond acceptors (Lipinski definition) is 7. The van der Waals surface area contributed by atoms with E-state index >= 15 is 0 Å². The molecule has 18 heavy (non-hydrogen) atoms. The minimum Gasteiger partial charge on any atom is -0.467 e. The number of aromatic nitrogens is 3. The summed E-state index contributed by atoms with van der Waals surface area (Å²) in [5, 5.41) is 6.05. The first-order valence-corrected chi connectivity index (χ1v) is 5.62. The smallest absolute Gasteiger partial charge is 0.322 e. The average molecular weight is 249 g/mol. The number of anilines is 2. The first-order valence-electron chi connectivity index (χ1n) is 5.62. The Morgan fingerprint density at radius 1 is 1.22 bits per heavy atom. The Kier molecular flexibility index (Phi) is 3.95. The van der Waals surface area contributed by atoms with Crippen molar-refractivity contribution in [2.24, 2.45) is 0 Å². The summed E-state index contributed by atoms with van der Waals surface area (Å²) in [6.07, 6.45) is 1.62. The van der Waals surface area contributed by atoms with Gasteiger partial charge >= 0.3 is 6.01 Å². The van der Waals surface area contributed by atoms with Crippen LogP contribution in [0.4, 0.5) is 11.9 Å². The number of methoxy groups -OCH3 is 1. The zero-order valence-corrected chi connectivity index (χ0v) is 10.3. The van der Waals surface area contributed by atoms with Crippen molar-refractivity contribution in [1.29, 1.82) is 0 Å². The van der Waals surface area contributed by atoms with Crippen LogP contribution in [0.15, 0.2) is 22.8 Å². The van der Waals surface area contributed by atoms with Crippen LogP contribution in [0.2, 0.25) is 0 Å². The highest BCUT2D eigenvalue weighted by atomic mass is 16.5. The lowest BCUT2D eigenvalue weighted by Gasteiger charge is -2.07. The number of nitrogens with zero attached hydrogens (tertiary/aromatic N) is 3. The minimum absolute atomic E-state index is 0.267. The fourth-order valence-electron chi connectivity index (χ4n) is 1.34. The molecule has 96 valence electrons. The topological polar surface area (TPSA) is 85.1 Å². The lowest BCUT2D eigenvalue weighted by molar-refractivity contribution is 0.379. The summed E-state index contributed by atoms with van der Waals surface area (Å²) in [5.41, 5.74) is 0. The van der Waals surface area contributed by atoms with Gasteiger partial charge in [-0.1, -0.05) is 0 Å². The van der Waals surface area contributed by atoms with E-state index in [0.717, 1.165) is 12.3 Å². The number of furan rings is 1. The maximum absolute atomic E-state index is 5.21.